The van der Waals surface area contributed by atoms with Gasteiger partial charge in [-0.25, -0.2) is 15.3 Å². The number of carboxylic acids is 1. The maximum absolute atomic E-state index is 12.6. The van der Waals surface area contributed by atoms with E-state index in [-0.39, 0.29) is 36.7 Å². The maximum atomic E-state index is 12.6. The van der Waals surface area contributed by atoms with Gasteiger partial charge in [-0.1, -0.05) is 49.2 Å². The molecule has 0 spiro atoms. The monoisotopic (exact) mass is 623 g/mol. The molecule has 44 heavy (non-hydrogen) atoms. The van der Waals surface area contributed by atoms with Gasteiger partial charge in [0.15, 0.2) is 6.29 Å². The van der Waals surface area contributed by atoms with Gasteiger partial charge >= 0.3 is 5.97 Å². The second-order valence-corrected chi connectivity index (χ2v) is 11.5. The lowest BCUT2D eigenvalue weighted by Gasteiger charge is -2.36. The third-order valence-electron chi connectivity index (χ3n) is 7.15. The van der Waals surface area contributed by atoms with E-state index in [1.54, 1.807) is 23.8 Å². The minimum Gasteiger partial charge on any atom is -0.478 e. The van der Waals surface area contributed by atoms with E-state index >= 15 is 0 Å². The number of nitrogens with zero attached hydrogens (tertiary/aromatic N) is 1. The summed E-state index contributed by atoms with van der Waals surface area (Å²) in [6.45, 7) is -0.0609. The lowest BCUT2D eigenvalue weighted by atomic mass is 10.0. The normalized spacial score (nSPS) is 18.0. The average molecular weight is 624 g/mol. The summed E-state index contributed by atoms with van der Waals surface area (Å²) in [5, 5.41) is 30.9. The Balaban J connectivity index is 1.41. The predicted octanol–water partition coefficient (Wildman–Crippen LogP) is 5.39. The molecule has 4 rings (SSSR count). The summed E-state index contributed by atoms with van der Waals surface area (Å²) >= 11 is 1.32. The van der Waals surface area contributed by atoms with Crippen LogP contribution in [0.2, 0.25) is 0 Å². The van der Waals surface area contributed by atoms with Crippen molar-refractivity contribution in [2.45, 2.75) is 75.1 Å². The number of ether oxygens (including phenoxy) is 2. The Bertz CT molecular complexity index is 1400. The number of aromatic carboxylic acids is 1. The van der Waals surface area contributed by atoms with Crippen molar-refractivity contribution in [3.05, 3.63) is 89.1 Å². The smallest absolute Gasteiger partial charge is 0.338 e. The van der Waals surface area contributed by atoms with Crippen molar-refractivity contribution in [2.75, 3.05) is 11.1 Å². The van der Waals surface area contributed by atoms with Crippen LogP contribution in [0.5, 0.6) is 0 Å². The van der Waals surface area contributed by atoms with Crippen molar-refractivity contribution in [1.29, 1.82) is 0 Å². The van der Waals surface area contributed by atoms with Gasteiger partial charge in [-0.05, 0) is 48.2 Å². The van der Waals surface area contributed by atoms with E-state index in [1.807, 2.05) is 42.5 Å². The molecule has 1 saturated heterocycles. The summed E-state index contributed by atoms with van der Waals surface area (Å²) in [5.74, 6) is -1.13. The number of carbonyl (C=O) groups excluding carboxylic acids is 2. The van der Waals surface area contributed by atoms with Crippen molar-refractivity contribution in [3.63, 3.8) is 0 Å². The topological polar surface area (TPSA) is 167 Å². The van der Waals surface area contributed by atoms with Crippen LogP contribution in [0.25, 0.3) is 0 Å². The summed E-state index contributed by atoms with van der Waals surface area (Å²) in [5.41, 5.74) is 4.80. The molecule has 0 aliphatic carbocycles. The number of benzene rings is 2. The largest absolute Gasteiger partial charge is 0.478 e. The first-order valence-electron chi connectivity index (χ1n) is 14.5. The first-order chi connectivity index (χ1) is 21.4. The lowest BCUT2D eigenvalue weighted by Crippen LogP contribution is -2.31. The van der Waals surface area contributed by atoms with Crippen LogP contribution >= 0.6 is 11.8 Å². The van der Waals surface area contributed by atoms with Crippen LogP contribution in [0.1, 0.15) is 84.4 Å². The number of anilines is 1. The highest BCUT2D eigenvalue weighted by Crippen LogP contribution is 2.40. The number of rotatable bonds is 15. The van der Waals surface area contributed by atoms with Crippen LogP contribution in [-0.4, -0.2) is 50.0 Å². The molecule has 11 nitrogen and oxygen atoms in total. The highest BCUT2D eigenvalue weighted by molar-refractivity contribution is 7.99. The summed E-state index contributed by atoms with van der Waals surface area (Å²) in [4.78, 5) is 39.6. The van der Waals surface area contributed by atoms with Gasteiger partial charge in [0.1, 0.15) is 5.03 Å². The molecule has 2 aromatic carbocycles. The van der Waals surface area contributed by atoms with Gasteiger partial charge in [-0.15, -0.1) is 11.8 Å². The molecule has 1 aromatic heterocycles. The first kappa shape index (κ1) is 33.1. The summed E-state index contributed by atoms with van der Waals surface area (Å²) in [7, 11) is 0. The molecule has 3 atom stereocenters. The number of unbranched alkanes of at least 4 members (excludes halogenated alkanes) is 3. The average Bonchev–Trinajstić information content (AvgIpc) is 3.05. The number of aliphatic hydroxyl groups is 1. The van der Waals surface area contributed by atoms with Crippen molar-refractivity contribution in [1.82, 2.24) is 10.5 Å². The maximum Gasteiger partial charge on any atom is 0.338 e. The van der Waals surface area contributed by atoms with Crippen LogP contribution in [-0.2, 0) is 25.7 Å². The molecule has 3 aromatic rings. The fourth-order valence-electron chi connectivity index (χ4n) is 4.83. The van der Waals surface area contributed by atoms with Crippen molar-refractivity contribution >= 4 is 35.2 Å². The highest BCUT2D eigenvalue weighted by Gasteiger charge is 2.33. The Labute approximate surface area is 260 Å². The zero-order valence-corrected chi connectivity index (χ0v) is 25.0. The van der Waals surface area contributed by atoms with Gasteiger partial charge in [-0.3, -0.25) is 14.8 Å². The van der Waals surface area contributed by atoms with E-state index in [0.29, 0.717) is 42.1 Å². The molecule has 5 N–H and O–H groups in total. The van der Waals surface area contributed by atoms with E-state index in [9.17, 15) is 24.6 Å². The number of hydroxylamine groups is 1. The lowest BCUT2D eigenvalue weighted by molar-refractivity contribution is -0.245. The minimum atomic E-state index is -1.04. The minimum absolute atomic E-state index is 0.0609. The third-order valence-corrected chi connectivity index (χ3v) is 8.28. The molecule has 0 unspecified atom stereocenters. The Morgan fingerprint density at radius 1 is 0.909 bits per heavy atom. The molecule has 0 saturated carbocycles. The number of aromatic nitrogens is 1. The van der Waals surface area contributed by atoms with Gasteiger partial charge in [0, 0.05) is 42.5 Å². The molecule has 1 aliphatic rings. The number of aliphatic hydroxyl groups excluding tert-OH is 1. The summed E-state index contributed by atoms with van der Waals surface area (Å²) in [6.07, 6.45) is 4.21. The van der Waals surface area contributed by atoms with E-state index < -0.39 is 18.2 Å². The molecule has 234 valence electrons. The van der Waals surface area contributed by atoms with Crippen LogP contribution < -0.4 is 10.8 Å². The van der Waals surface area contributed by atoms with Gasteiger partial charge in [0.2, 0.25) is 11.8 Å². The number of hydrogen-bond donors (Lipinski definition) is 5. The zero-order chi connectivity index (χ0) is 31.3. The van der Waals surface area contributed by atoms with E-state index in [4.69, 9.17) is 14.7 Å². The second kappa shape index (κ2) is 16.9. The molecule has 12 heteroatoms. The van der Waals surface area contributed by atoms with Crippen molar-refractivity contribution in [2.24, 2.45) is 0 Å². The quantitative estimate of drug-likeness (QED) is 0.0640. The van der Waals surface area contributed by atoms with Crippen molar-refractivity contribution in [3.8, 4) is 0 Å². The standard InChI is InChI=1S/C32H37N3O8S/c36-19-21-12-14-22(15-13-21)27-18-25(20-44-30-26(31(39)40)9-6-16-33-30)42-32(43-27)23-7-5-8-24(17-23)34-28(37)10-3-1-2-4-11-29(38)35-41/h5-9,12-17,25,27,32,36,41H,1-4,10-11,18-20H2,(H,34,37)(H,35,38)(H,39,40)/t25-,27+,32+/m0/s1. The van der Waals surface area contributed by atoms with Crippen LogP contribution in [0.4, 0.5) is 5.69 Å². The molecule has 0 bridgehead atoms. The van der Waals surface area contributed by atoms with E-state index in [0.717, 1.165) is 29.5 Å². The van der Waals surface area contributed by atoms with E-state index in [1.165, 1.54) is 17.8 Å². The molecular weight excluding hydrogens is 586 g/mol. The number of pyridine rings is 1. The second-order valence-electron chi connectivity index (χ2n) is 10.4. The van der Waals surface area contributed by atoms with E-state index in [2.05, 4.69) is 10.3 Å². The first-order valence-corrected chi connectivity index (χ1v) is 15.5. The van der Waals surface area contributed by atoms with Crippen LogP contribution in [0.15, 0.2) is 71.9 Å². The fourth-order valence-corrected chi connectivity index (χ4v) is 5.83. The summed E-state index contributed by atoms with van der Waals surface area (Å²) in [6, 6.07) is 18.0. The molecule has 1 aliphatic heterocycles. The fraction of sp³-hybridized carbons (Fsp3) is 0.375. The molecule has 1 fully saturated rings. The Kier molecular flexibility index (Phi) is 12.7. The van der Waals surface area contributed by atoms with Crippen molar-refractivity contribution < 1.29 is 39.3 Å². The van der Waals surface area contributed by atoms with Gasteiger partial charge in [-0.2, -0.15) is 0 Å². The van der Waals surface area contributed by atoms with Crippen LogP contribution in [0, 0.1) is 0 Å². The molecular formula is C32H37N3O8S. The molecule has 0 radical (unpaired) electrons. The Morgan fingerprint density at radius 3 is 2.36 bits per heavy atom. The van der Waals surface area contributed by atoms with Gasteiger partial charge in [0.25, 0.3) is 0 Å². The molecule has 2 heterocycles. The number of amides is 2. The number of carboxylic acid groups (broad SMARTS) is 1. The highest BCUT2D eigenvalue weighted by atomic mass is 32.2. The van der Waals surface area contributed by atoms with Gasteiger partial charge < -0.3 is 25.0 Å². The number of carbonyl (C=O) groups is 3. The zero-order valence-electron chi connectivity index (χ0n) is 24.2. The third kappa shape index (κ3) is 9.86. The SMILES string of the molecule is O=C(CCCCCCC(=O)Nc1cccc([C@@H]2O[C@H](CSc3ncccc3C(=O)O)C[C@H](c3ccc(CO)cc3)O2)c1)NO. The Hall–Kier alpha value is -3.81. The number of thioether (sulfide) groups is 1. The summed E-state index contributed by atoms with van der Waals surface area (Å²) < 4.78 is 12.8. The number of hydrogen-bond acceptors (Lipinski definition) is 9. The Morgan fingerprint density at radius 2 is 1.66 bits per heavy atom. The molecule has 2 amide bonds. The van der Waals surface area contributed by atoms with Gasteiger partial charge in [0.05, 0.1) is 24.4 Å². The van der Waals surface area contributed by atoms with Crippen LogP contribution in [0.3, 0.4) is 0 Å². The number of nitrogens with one attached hydrogen (secondary N) is 2. The predicted molar refractivity (Wildman–Crippen MR) is 163 cm³/mol.